The van der Waals surface area contributed by atoms with Crippen LogP contribution in [0.1, 0.15) is 27.2 Å². The van der Waals surface area contributed by atoms with Crippen molar-refractivity contribution in [3.8, 4) is 5.75 Å². The van der Waals surface area contributed by atoms with Gasteiger partial charge in [-0.3, -0.25) is 9.78 Å². The second-order valence-corrected chi connectivity index (χ2v) is 8.27. The molecule has 34 heavy (non-hydrogen) atoms. The van der Waals surface area contributed by atoms with E-state index in [0.717, 1.165) is 12.0 Å². The Kier molecular flexibility index (Phi) is 7.04. The number of hydrogen-bond acceptors (Lipinski definition) is 10. The van der Waals surface area contributed by atoms with Crippen LogP contribution in [0.3, 0.4) is 0 Å². The average molecular weight is 481 g/mol. The standard InChI is InChI=1S/C21H20BN5O6S/c28-19(26-16-10-13-2-1-3-14(20(29)30)18(13)33-22(16)31)17(27-32)15-11-34-21(25-15)24-9-6-12-4-7-23-8-5-12/h1-5,7-8,11,16,31-32H,6,9-10H2,(H,24,25)(H,26,28)(H,29,30)/b27-17-/t16-/m0/s1. The Morgan fingerprint density at radius 2 is 2.06 bits per heavy atom. The number of fused-ring (bicyclic) bond motifs is 1. The lowest BCUT2D eigenvalue weighted by atomic mass is 9.72. The maximum Gasteiger partial charge on any atom is 0.547 e. The Balaban J connectivity index is 1.39. The first-order valence-corrected chi connectivity index (χ1v) is 11.2. The first kappa shape index (κ1) is 23.2. The van der Waals surface area contributed by atoms with Gasteiger partial charge in [0.05, 0.1) is 11.5 Å². The quantitative estimate of drug-likeness (QED) is 0.138. The van der Waals surface area contributed by atoms with Crippen LogP contribution in [-0.4, -0.2) is 62.5 Å². The van der Waals surface area contributed by atoms with E-state index in [-0.39, 0.29) is 29.1 Å². The van der Waals surface area contributed by atoms with Gasteiger partial charge in [-0.2, -0.15) is 0 Å². The molecule has 1 amide bonds. The molecule has 0 saturated carbocycles. The maximum absolute atomic E-state index is 12.8. The molecular weight excluding hydrogens is 461 g/mol. The second kappa shape index (κ2) is 10.3. The van der Waals surface area contributed by atoms with E-state index in [2.05, 4.69) is 25.8 Å². The van der Waals surface area contributed by atoms with Crippen LogP contribution >= 0.6 is 11.3 Å². The van der Waals surface area contributed by atoms with Crippen molar-refractivity contribution in [2.45, 2.75) is 18.8 Å². The Labute approximate surface area is 198 Å². The molecule has 174 valence electrons. The predicted octanol–water partition coefficient (Wildman–Crippen LogP) is 1.21. The van der Waals surface area contributed by atoms with Crippen molar-refractivity contribution in [2.24, 2.45) is 5.16 Å². The minimum absolute atomic E-state index is 0.0611. The van der Waals surface area contributed by atoms with Gasteiger partial charge in [0.25, 0.3) is 5.91 Å². The first-order chi connectivity index (χ1) is 16.5. The highest BCUT2D eigenvalue weighted by Crippen LogP contribution is 2.30. The summed E-state index contributed by atoms with van der Waals surface area (Å²) in [4.78, 5) is 32.4. The minimum Gasteiger partial charge on any atom is -0.534 e. The van der Waals surface area contributed by atoms with Crippen LogP contribution in [0.25, 0.3) is 0 Å². The number of nitrogens with one attached hydrogen (secondary N) is 2. The van der Waals surface area contributed by atoms with Crippen molar-refractivity contribution in [1.82, 2.24) is 15.3 Å². The highest BCUT2D eigenvalue weighted by molar-refractivity contribution is 7.14. The fourth-order valence-corrected chi connectivity index (χ4v) is 4.22. The summed E-state index contributed by atoms with van der Waals surface area (Å²) in [6.45, 7) is 0.609. The summed E-state index contributed by atoms with van der Waals surface area (Å²) in [5.41, 5.74) is 1.39. The third-order valence-corrected chi connectivity index (χ3v) is 5.97. The van der Waals surface area contributed by atoms with E-state index in [0.29, 0.717) is 17.2 Å². The molecule has 0 radical (unpaired) electrons. The van der Waals surface area contributed by atoms with Crippen molar-refractivity contribution < 1.29 is 29.6 Å². The molecule has 4 rings (SSSR count). The van der Waals surface area contributed by atoms with E-state index in [1.807, 2.05) is 12.1 Å². The molecule has 13 heteroatoms. The number of anilines is 1. The van der Waals surface area contributed by atoms with Gasteiger partial charge in [0.15, 0.2) is 10.8 Å². The number of benzene rings is 1. The molecule has 2 aromatic heterocycles. The third kappa shape index (κ3) is 5.16. The second-order valence-electron chi connectivity index (χ2n) is 7.41. The van der Waals surface area contributed by atoms with Crippen molar-refractivity contribution in [1.29, 1.82) is 0 Å². The van der Waals surface area contributed by atoms with E-state index < -0.39 is 24.9 Å². The first-order valence-electron chi connectivity index (χ1n) is 10.3. The van der Waals surface area contributed by atoms with E-state index in [1.165, 1.54) is 17.4 Å². The molecule has 11 nitrogen and oxygen atoms in total. The highest BCUT2D eigenvalue weighted by Gasteiger charge is 2.38. The number of carboxylic acids is 1. The van der Waals surface area contributed by atoms with Crippen LogP contribution in [0.15, 0.2) is 53.3 Å². The topological polar surface area (TPSA) is 166 Å². The monoisotopic (exact) mass is 481 g/mol. The molecule has 1 aliphatic heterocycles. The van der Waals surface area contributed by atoms with E-state index in [1.54, 1.807) is 29.9 Å². The summed E-state index contributed by atoms with van der Waals surface area (Å²) in [5, 5.41) is 40.0. The smallest absolute Gasteiger partial charge is 0.534 e. The zero-order chi connectivity index (χ0) is 24.1. The Morgan fingerprint density at radius 1 is 1.26 bits per heavy atom. The lowest BCUT2D eigenvalue weighted by Gasteiger charge is -2.28. The number of nitrogens with zero attached hydrogens (tertiary/aromatic N) is 3. The molecule has 0 spiro atoms. The molecule has 0 aliphatic carbocycles. The molecule has 0 bridgehead atoms. The molecule has 0 fully saturated rings. The van der Waals surface area contributed by atoms with Crippen LogP contribution in [0.5, 0.6) is 5.75 Å². The van der Waals surface area contributed by atoms with E-state index >= 15 is 0 Å². The van der Waals surface area contributed by atoms with Crippen LogP contribution < -0.4 is 15.3 Å². The number of amides is 1. The lowest BCUT2D eigenvalue weighted by molar-refractivity contribution is -0.115. The number of carbonyl (C=O) groups is 2. The number of rotatable bonds is 8. The van der Waals surface area contributed by atoms with Crippen molar-refractivity contribution in [3.05, 3.63) is 70.5 Å². The normalized spacial score (nSPS) is 15.3. The maximum atomic E-state index is 12.8. The van der Waals surface area contributed by atoms with Gasteiger partial charge in [-0.1, -0.05) is 17.3 Å². The molecule has 1 aliphatic rings. The fraction of sp³-hybridized carbons (Fsp3) is 0.190. The van der Waals surface area contributed by atoms with Crippen molar-refractivity contribution in [2.75, 3.05) is 11.9 Å². The zero-order valence-corrected chi connectivity index (χ0v) is 18.5. The van der Waals surface area contributed by atoms with Gasteiger partial charge < -0.3 is 30.6 Å². The van der Waals surface area contributed by atoms with E-state index in [9.17, 15) is 24.9 Å². The Morgan fingerprint density at radius 3 is 2.79 bits per heavy atom. The number of thiazole rings is 1. The molecule has 1 aromatic carbocycles. The number of carbonyl (C=O) groups excluding carboxylic acids is 1. The number of hydrogen-bond donors (Lipinski definition) is 5. The van der Waals surface area contributed by atoms with Gasteiger partial charge in [0.2, 0.25) is 0 Å². The Hall–Kier alpha value is -3.97. The van der Waals surface area contributed by atoms with Gasteiger partial charge in [-0.05, 0) is 42.2 Å². The van der Waals surface area contributed by atoms with E-state index in [4.69, 9.17) is 4.65 Å². The predicted molar refractivity (Wildman–Crippen MR) is 125 cm³/mol. The van der Waals surface area contributed by atoms with Gasteiger partial charge in [-0.15, -0.1) is 11.3 Å². The summed E-state index contributed by atoms with van der Waals surface area (Å²) in [6.07, 6.45) is 4.32. The minimum atomic E-state index is -1.49. The molecule has 0 saturated heterocycles. The van der Waals surface area contributed by atoms with Crippen LogP contribution in [0, 0.1) is 0 Å². The van der Waals surface area contributed by atoms with Gasteiger partial charge in [0.1, 0.15) is 11.4 Å². The number of aromatic carboxylic acids is 1. The summed E-state index contributed by atoms with van der Waals surface area (Å²) in [6, 6.07) is 8.41. The molecule has 3 aromatic rings. The summed E-state index contributed by atoms with van der Waals surface area (Å²) in [7, 11) is -1.49. The van der Waals surface area contributed by atoms with Crippen LogP contribution in [-0.2, 0) is 17.6 Å². The number of carboxylic acid groups (broad SMARTS) is 1. The van der Waals surface area contributed by atoms with Gasteiger partial charge >= 0.3 is 13.1 Å². The summed E-state index contributed by atoms with van der Waals surface area (Å²) in [5.74, 6) is -2.78. The highest BCUT2D eigenvalue weighted by atomic mass is 32.1. The van der Waals surface area contributed by atoms with Crippen molar-refractivity contribution in [3.63, 3.8) is 0 Å². The van der Waals surface area contributed by atoms with Crippen LogP contribution in [0.4, 0.5) is 5.13 Å². The van der Waals surface area contributed by atoms with Gasteiger partial charge in [0, 0.05) is 24.3 Å². The average Bonchev–Trinajstić information content (AvgIpc) is 3.28. The van der Waals surface area contributed by atoms with Crippen molar-refractivity contribution >= 4 is 41.2 Å². The molecular formula is C21H20BN5O6S. The van der Waals surface area contributed by atoms with Crippen LogP contribution in [0.2, 0.25) is 0 Å². The largest absolute Gasteiger partial charge is 0.547 e. The fourth-order valence-electron chi connectivity index (χ4n) is 3.49. The molecule has 0 unspecified atom stereocenters. The molecule has 1 atom stereocenters. The summed E-state index contributed by atoms with van der Waals surface area (Å²) < 4.78 is 5.37. The lowest BCUT2D eigenvalue weighted by Crippen LogP contribution is -2.54. The zero-order valence-electron chi connectivity index (χ0n) is 17.7. The molecule has 5 N–H and O–H groups in total. The number of oxime groups is 1. The third-order valence-electron chi connectivity index (χ3n) is 5.17. The summed E-state index contributed by atoms with van der Waals surface area (Å²) >= 11 is 1.25. The van der Waals surface area contributed by atoms with Gasteiger partial charge in [-0.25, -0.2) is 9.78 Å². The Bertz CT molecular complexity index is 1220. The molecule has 3 heterocycles. The number of para-hydroxylation sites is 1. The number of aromatic nitrogens is 2. The number of pyridine rings is 1. The SMILES string of the molecule is O=C(N[C@H]1Cc2cccc(C(=O)O)c2OB1O)/C(=N\O)c1csc(NCCc2ccncc2)n1.